The number of dihydropyridines is 1. The molecule has 2 aliphatic rings. The number of ketones is 1. The van der Waals surface area contributed by atoms with Crippen molar-refractivity contribution in [2.75, 3.05) is 14.2 Å². The predicted octanol–water partition coefficient (Wildman–Crippen LogP) is 4.42. The van der Waals surface area contributed by atoms with E-state index >= 15 is 0 Å². The number of ether oxygens (including phenoxy) is 3. The van der Waals surface area contributed by atoms with Gasteiger partial charge in [-0.1, -0.05) is 19.1 Å². The number of hydrogen-bond donors (Lipinski definition) is 1. The molecule has 2 aromatic rings. The molecule has 184 valence electrons. The van der Waals surface area contributed by atoms with Crippen LogP contribution in [0.4, 0.5) is 0 Å². The van der Waals surface area contributed by atoms with Gasteiger partial charge in [-0.25, -0.2) is 4.79 Å². The van der Waals surface area contributed by atoms with Gasteiger partial charge in [0.1, 0.15) is 18.3 Å². The average Bonchev–Trinajstić information content (AvgIpc) is 3.27. The number of aryl methyl sites for hydroxylation is 1. The Balaban J connectivity index is 1.69. The molecule has 35 heavy (non-hydrogen) atoms. The van der Waals surface area contributed by atoms with Gasteiger partial charge in [0.05, 0.1) is 25.7 Å². The Hall–Kier alpha value is -3.39. The third-order valence-electron chi connectivity index (χ3n) is 6.54. The molecule has 7 nitrogen and oxygen atoms in total. The maximum absolute atomic E-state index is 13.7. The van der Waals surface area contributed by atoms with Gasteiger partial charge in [0.2, 0.25) is 0 Å². The summed E-state index contributed by atoms with van der Waals surface area (Å²) in [5.74, 6) is -2.38. The van der Waals surface area contributed by atoms with Crippen molar-refractivity contribution >= 4 is 29.1 Å². The number of carbonyl (C=O) groups excluding carboxylic acids is 3. The van der Waals surface area contributed by atoms with E-state index in [9.17, 15) is 14.4 Å². The molecule has 2 heterocycles. The van der Waals surface area contributed by atoms with Gasteiger partial charge in [0, 0.05) is 26.7 Å². The molecule has 1 aromatic heterocycles. The molecule has 4 rings (SSSR count). The van der Waals surface area contributed by atoms with Crippen molar-refractivity contribution < 1.29 is 28.6 Å². The summed E-state index contributed by atoms with van der Waals surface area (Å²) in [6.45, 7) is 5.75. The number of carbonyl (C=O) groups is 3. The molecule has 0 spiro atoms. The quantitative estimate of drug-likeness (QED) is 0.469. The van der Waals surface area contributed by atoms with Crippen LogP contribution in [0, 0.1) is 18.8 Å². The number of methoxy groups -OCH3 is 2. The van der Waals surface area contributed by atoms with Crippen LogP contribution in [-0.2, 0) is 30.5 Å². The summed E-state index contributed by atoms with van der Waals surface area (Å²) in [7, 11) is 2.88. The highest BCUT2D eigenvalue weighted by Crippen LogP contribution is 2.47. The van der Waals surface area contributed by atoms with Crippen LogP contribution in [0.3, 0.4) is 0 Å². The lowest BCUT2D eigenvalue weighted by Gasteiger charge is -2.37. The summed E-state index contributed by atoms with van der Waals surface area (Å²) < 4.78 is 15.8. The van der Waals surface area contributed by atoms with E-state index in [1.54, 1.807) is 19.2 Å². The minimum atomic E-state index is -0.904. The van der Waals surface area contributed by atoms with Crippen LogP contribution in [0.25, 0.3) is 0 Å². The van der Waals surface area contributed by atoms with E-state index in [0.717, 1.165) is 21.0 Å². The fraction of sp³-hybridized carbons (Fsp3) is 0.370. The minimum absolute atomic E-state index is 0.0808. The zero-order valence-electron chi connectivity index (χ0n) is 20.5. The molecule has 1 aliphatic carbocycles. The van der Waals surface area contributed by atoms with Crippen molar-refractivity contribution in [1.82, 2.24) is 5.32 Å². The van der Waals surface area contributed by atoms with Crippen molar-refractivity contribution in [3.8, 4) is 5.75 Å². The number of nitrogens with one attached hydrogen (secondary N) is 1. The fourth-order valence-corrected chi connectivity index (χ4v) is 5.79. The topological polar surface area (TPSA) is 90.9 Å². The first-order chi connectivity index (χ1) is 16.7. The standard InChI is InChI=1S/C27H29NO6S/c1-14-12-19-23(25(29)21(14)26(30)33-5)24(20-11-6-15(2)35-20)22(16(3)28-19)27(31)34-13-17-7-9-18(32-4)10-8-17/h6-11,14,21,24,28H,12-13H2,1-5H3/t14-,21+,24-/m1/s1. The molecular weight excluding hydrogens is 466 g/mol. The highest BCUT2D eigenvalue weighted by atomic mass is 32.1. The average molecular weight is 496 g/mol. The summed E-state index contributed by atoms with van der Waals surface area (Å²) in [5.41, 5.74) is 3.05. The third-order valence-corrected chi connectivity index (χ3v) is 7.60. The van der Waals surface area contributed by atoms with Crippen molar-refractivity contribution in [2.24, 2.45) is 11.8 Å². The monoisotopic (exact) mass is 495 g/mol. The zero-order valence-corrected chi connectivity index (χ0v) is 21.3. The lowest BCUT2D eigenvalue weighted by atomic mass is 9.70. The highest BCUT2D eigenvalue weighted by molar-refractivity contribution is 7.12. The molecule has 0 saturated carbocycles. The second kappa shape index (κ2) is 10.1. The first-order valence-electron chi connectivity index (χ1n) is 11.4. The van der Waals surface area contributed by atoms with Crippen molar-refractivity contribution in [3.63, 3.8) is 0 Å². The Morgan fingerprint density at radius 1 is 1.09 bits per heavy atom. The van der Waals surface area contributed by atoms with Crippen LogP contribution in [0.2, 0.25) is 0 Å². The number of benzene rings is 1. The third kappa shape index (κ3) is 4.75. The van der Waals surface area contributed by atoms with Gasteiger partial charge in [-0.2, -0.15) is 0 Å². The van der Waals surface area contributed by atoms with E-state index < -0.39 is 23.8 Å². The maximum Gasteiger partial charge on any atom is 0.337 e. The normalized spacial score (nSPS) is 21.9. The number of rotatable bonds is 6. The molecule has 0 radical (unpaired) electrons. The Morgan fingerprint density at radius 2 is 1.80 bits per heavy atom. The summed E-state index contributed by atoms with van der Waals surface area (Å²) >= 11 is 1.52. The molecule has 0 unspecified atom stereocenters. The molecule has 1 aromatic carbocycles. The van der Waals surface area contributed by atoms with Crippen LogP contribution in [0.15, 0.2) is 58.9 Å². The first-order valence-corrected chi connectivity index (χ1v) is 12.3. The lowest BCUT2D eigenvalue weighted by molar-refractivity contribution is -0.151. The largest absolute Gasteiger partial charge is 0.497 e. The van der Waals surface area contributed by atoms with Crippen molar-refractivity contribution in [3.05, 3.63) is 74.3 Å². The van der Waals surface area contributed by atoms with Gasteiger partial charge in [0.25, 0.3) is 0 Å². The summed E-state index contributed by atoms with van der Waals surface area (Å²) in [5, 5.41) is 3.28. The van der Waals surface area contributed by atoms with Gasteiger partial charge in [-0.05, 0) is 56.0 Å². The van der Waals surface area contributed by atoms with Gasteiger partial charge in [-0.15, -0.1) is 11.3 Å². The predicted molar refractivity (Wildman–Crippen MR) is 132 cm³/mol. The number of esters is 2. The molecule has 1 N–H and O–H groups in total. The Kier molecular flexibility index (Phi) is 7.12. The Bertz CT molecular complexity index is 1220. The van der Waals surface area contributed by atoms with E-state index in [2.05, 4.69) is 5.32 Å². The van der Waals surface area contributed by atoms with E-state index in [4.69, 9.17) is 14.2 Å². The highest BCUT2D eigenvalue weighted by Gasteiger charge is 2.47. The molecule has 0 saturated heterocycles. The molecule has 0 bridgehead atoms. The van der Waals surface area contributed by atoms with E-state index in [0.29, 0.717) is 29.0 Å². The smallest absolute Gasteiger partial charge is 0.337 e. The van der Waals surface area contributed by atoms with Crippen molar-refractivity contribution in [2.45, 2.75) is 39.7 Å². The second-order valence-electron chi connectivity index (χ2n) is 8.91. The molecule has 0 amide bonds. The van der Waals surface area contributed by atoms with Gasteiger partial charge in [0.15, 0.2) is 5.78 Å². The second-order valence-corrected chi connectivity index (χ2v) is 10.2. The number of hydrogen-bond acceptors (Lipinski definition) is 8. The van der Waals surface area contributed by atoms with Gasteiger partial charge < -0.3 is 19.5 Å². The summed E-state index contributed by atoms with van der Waals surface area (Å²) in [6, 6.07) is 11.2. The number of allylic oxidation sites excluding steroid dienone is 3. The van der Waals surface area contributed by atoms with E-state index in [1.807, 2.05) is 45.0 Å². The van der Waals surface area contributed by atoms with Crippen LogP contribution >= 0.6 is 11.3 Å². The van der Waals surface area contributed by atoms with Crippen molar-refractivity contribution in [1.29, 1.82) is 0 Å². The van der Waals surface area contributed by atoms with Gasteiger partial charge in [-0.3, -0.25) is 9.59 Å². The molecule has 1 aliphatic heterocycles. The minimum Gasteiger partial charge on any atom is -0.497 e. The van der Waals surface area contributed by atoms with E-state index in [1.165, 1.54) is 18.4 Å². The maximum atomic E-state index is 13.7. The van der Waals surface area contributed by atoms with Gasteiger partial charge >= 0.3 is 11.9 Å². The number of thiophene rings is 1. The Labute approximate surface area is 208 Å². The first kappa shape index (κ1) is 24.7. The fourth-order valence-electron chi connectivity index (χ4n) is 4.79. The molecule has 3 atom stereocenters. The zero-order chi connectivity index (χ0) is 25.3. The molecular formula is C27H29NO6S. The summed E-state index contributed by atoms with van der Waals surface area (Å²) in [6.07, 6.45) is 0.507. The van der Waals surface area contributed by atoms with Crippen LogP contribution in [-0.4, -0.2) is 31.9 Å². The lowest BCUT2D eigenvalue weighted by Crippen LogP contribution is -2.43. The Morgan fingerprint density at radius 3 is 2.40 bits per heavy atom. The van der Waals surface area contributed by atoms with Crippen LogP contribution in [0.1, 0.15) is 41.5 Å². The van der Waals surface area contributed by atoms with E-state index in [-0.39, 0.29) is 18.3 Å². The molecule has 8 heteroatoms. The SMILES string of the molecule is COC(=O)[C@@H]1C(=O)C2=C(C[C@H]1C)NC(C)=C(C(=O)OCc1ccc(OC)cc1)[C@H]2c1ccc(C)s1. The number of Topliss-reactive ketones (excluding diaryl/α,β-unsaturated/α-hetero) is 1. The van der Waals surface area contributed by atoms with Crippen LogP contribution in [0.5, 0.6) is 5.75 Å². The summed E-state index contributed by atoms with van der Waals surface area (Å²) in [4.78, 5) is 41.6. The van der Waals surface area contributed by atoms with Crippen LogP contribution < -0.4 is 10.1 Å². The molecule has 0 fully saturated rings.